The van der Waals surface area contributed by atoms with E-state index >= 15 is 0 Å². The van der Waals surface area contributed by atoms with Crippen LogP contribution < -0.4 is 5.32 Å². The van der Waals surface area contributed by atoms with Crippen molar-refractivity contribution in [2.75, 3.05) is 25.5 Å². The molecule has 9 heteroatoms. The van der Waals surface area contributed by atoms with Crippen molar-refractivity contribution in [2.24, 2.45) is 0 Å². The highest BCUT2D eigenvalue weighted by molar-refractivity contribution is 6.05. The molecule has 0 saturated carbocycles. The topological polar surface area (TPSA) is 111 Å². The number of H-pyrrole nitrogens is 1. The SMILES string of the molecule is Cc1nc(NC(=O)CN2C(=O)CN(C)C2=O)n[nH]1. The van der Waals surface area contributed by atoms with Gasteiger partial charge in [0.2, 0.25) is 11.9 Å². The number of nitrogens with one attached hydrogen (secondary N) is 2. The second-order valence-electron chi connectivity index (χ2n) is 3.91. The monoisotopic (exact) mass is 252 g/mol. The molecule has 4 amide bonds. The molecule has 1 fully saturated rings. The largest absolute Gasteiger partial charge is 0.327 e. The molecule has 2 N–H and O–H groups in total. The fourth-order valence-electron chi connectivity index (χ4n) is 1.53. The molecule has 0 aromatic carbocycles. The Bertz CT molecular complexity index is 510. The number of carbonyl (C=O) groups excluding carboxylic acids is 3. The minimum atomic E-state index is -0.522. The zero-order valence-corrected chi connectivity index (χ0v) is 9.93. The first-order valence-electron chi connectivity index (χ1n) is 5.21. The Kier molecular flexibility index (Phi) is 2.96. The first kappa shape index (κ1) is 12.0. The summed E-state index contributed by atoms with van der Waals surface area (Å²) in [5.74, 6) is -0.252. The number of carbonyl (C=O) groups is 3. The Balaban J connectivity index is 1.95. The van der Waals surface area contributed by atoms with Gasteiger partial charge in [0.25, 0.3) is 5.91 Å². The van der Waals surface area contributed by atoms with Gasteiger partial charge in [-0.05, 0) is 6.92 Å². The average molecular weight is 252 g/mol. The Morgan fingerprint density at radius 3 is 2.72 bits per heavy atom. The van der Waals surface area contributed by atoms with Crippen LogP contribution in [0.25, 0.3) is 0 Å². The summed E-state index contributed by atoms with van der Waals surface area (Å²) in [6.45, 7) is 1.34. The fraction of sp³-hybridized carbons (Fsp3) is 0.444. The molecular weight excluding hydrogens is 240 g/mol. The maximum Gasteiger partial charge on any atom is 0.327 e. The maximum atomic E-state index is 11.6. The van der Waals surface area contributed by atoms with Gasteiger partial charge in [-0.25, -0.2) is 4.79 Å². The Labute approximate surface area is 102 Å². The third-order valence-corrected chi connectivity index (χ3v) is 2.38. The lowest BCUT2D eigenvalue weighted by atomic mass is 10.5. The molecule has 1 aliphatic rings. The third kappa shape index (κ3) is 2.29. The highest BCUT2D eigenvalue weighted by Gasteiger charge is 2.34. The number of urea groups is 1. The van der Waals surface area contributed by atoms with Crippen molar-refractivity contribution in [2.45, 2.75) is 6.92 Å². The number of nitrogens with zero attached hydrogens (tertiary/aromatic N) is 4. The number of aromatic amines is 1. The molecule has 0 unspecified atom stereocenters. The van der Waals surface area contributed by atoms with E-state index < -0.39 is 17.8 Å². The summed E-state index contributed by atoms with van der Waals surface area (Å²) in [4.78, 5) is 40.6. The van der Waals surface area contributed by atoms with Crippen molar-refractivity contribution in [3.05, 3.63) is 5.82 Å². The van der Waals surface area contributed by atoms with E-state index in [-0.39, 0.29) is 19.0 Å². The highest BCUT2D eigenvalue weighted by Crippen LogP contribution is 2.07. The quantitative estimate of drug-likeness (QED) is 0.666. The smallest absolute Gasteiger partial charge is 0.318 e. The highest BCUT2D eigenvalue weighted by atomic mass is 16.2. The molecular formula is C9H12N6O3. The standard InChI is InChI=1S/C9H12N6O3/c1-5-10-8(13-12-5)11-6(16)3-15-7(17)4-14(2)9(15)18/h3-4H2,1-2H3,(H2,10,11,12,13,16). The molecule has 0 spiro atoms. The van der Waals surface area contributed by atoms with E-state index in [0.717, 1.165) is 4.90 Å². The lowest BCUT2D eigenvalue weighted by molar-refractivity contribution is -0.129. The van der Waals surface area contributed by atoms with Crippen molar-refractivity contribution in [3.63, 3.8) is 0 Å². The summed E-state index contributed by atoms with van der Waals surface area (Å²) < 4.78 is 0. The summed E-state index contributed by atoms with van der Waals surface area (Å²) in [5.41, 5.74) is 0. The van der Waals surface area contributed by atoms with Gasteiger partial charge in [0.1, 0.15) is 18.9 Å². The van der Waals surface area contributed by atoms with Crippen molar-refractivity contribution >= 4 is 23.8 Å². The van der Waals surface area contributed by atoms with Crippen LogP contribution >= 0.6 is 0 Å². The summed E-state index contributed by atoms with van der Waals surface area (Å²) in [6.07, 6.45) is 0. The van der Waals surface area contributed by atoms with Crippen molar-refractivity contribution in [1.29, 1.82) is 0 Å². The molecule has 0 radical (unpaired) electrons. The first-order valence-corrected chi connectivity index (χ1v) is 5.21. The lowest BCUT2D eigenvalue weighted by Gasteiger charge is -2.12. The summed E-state index contributed by atoms with van der Waals surface area (Å²) >= 11 is 0. The zero-order valence-electron chi connectivity index (χ0n) is 9.93. The second kappa shape index (κ2) is 4.43. The summed E-state index contributed by atoms with van der Waals surface area (Å²) in [5, 5.41) is 8.67. The minimum Gasteiger partial charge on any atom is -0.318 e. The van der Waals surface area contributed by atoms with Crippen molar-refractivity contribution in [3.8, 4) is 0 Å². The van der Waals surface area contributed by atoms with Crippen LogP contribution in [0, 0.1) is 6.92 Å². The van der Waals surface area contributed by atoms with Gasteiger partial charge in [-0.2, -0.15) is 4.98 Å². The van der Waals surface area contributed by atoms with Gasteiger partial charge in [0.15, 0.2) is 0 Å². The van der Waals surface area contributed by atoms with E-state index in [9.17, 15) is 14.4 Å². The van der Waals surface area contributed by atoms with Crippen LogP contribution in [0.1, 0.15) is 5.82 Å². The molecule has 2 rings (SSSR count). The van der Waals surface area contributed by atoms with Gasteiger partial charge in [0, 0.05) is 7.05 Å². The van der Waals surface area contributed by atoms with E-state index in [2.05, 4.69) is 20.5 Å². The summed E-state index contributed by atoms with van der Waals surface area (Å²) in [6, 6.07) is -0.485. The van der Waals surface area contributed by atoms with Crippen molar-refractivity contribution < 1.29 is 14.4 Å². The van der Waals surface area contributed by atoms with Gasteiger partial charge in [-0.3, -0.25) is 24.9 Å². The normalized spacial score (nSPS) is 15.4. The van der Waals surface area contributed by atoms with Crippen LogP contribution in [0.3, 0.4) is 0 Å². The first-order chi connectivity index (χ1) is 8.47. The molecule has 18 heavy (non-hydrogen) atoms. The van der Waals surface area contributed by atoms with Gasteiger partial charge < -0.3 is 4.90 Å². The molecule has 0 bridgehead atoms. The Hall–Kier alpha value is -2.45. The van der Waals surface area contributed by atoms with E-state index in [1.54, 1.807) is 6.92 Å². The Morgan fingerprint density at radius 1 is 1.50 bits per heavy atom. The van der Waals surface area contributed by atoms with E-state index in [0.29, 0.717) is 5.82 Å². The average Bonchev–Trinajstić information content (AvgIpc) is 2.78. The molecule has 1 aromatic rings. The number of anilines is 1. The van der Waals surface area contributed by atoms with Crippen LogP contribution in [0.4, 0.5) is 10.7 Å². The van der Waals surface area contributed by atoms with Crippen molar-refractivity contribution in [1.82, 2.24) is 25.0 Å². The minimum absolute atomic E-state index is 0.00806. The molecule has 0 atom stereocenters. The summed E-state index contributed by atoms with van der Waals surface area (Å²) in [7, 11) is 1.50. The number of imide groups is 1. The number of rotatable bonds is 3. The molecule has 2 heterocycles. The molecule has 0 aliphatic carbocycles. The van der Waals surface area contributed by atoms with Gasteiger partial charge in [0.05, 0.1) is 0 Å². The zero-order chi connectivity index (χ0) is 13.3. The third-order valence-electron chi connectivity index (χ3n) is 2.38. The number of hydrogen-bond acceptors (Lipinski definition) is 5. The lowest BCUT2D eigenvalue weighted by Crippen LogP contribution is -2.38. The molecule has 1 aliphatic heterocycles. The number of hydrogen-bond donors (Lipinski definition) is 2. The number of likely N-dealkylation sites (N-methyl/N-ethyl adjacent to an activating group) is 1. The van der Waals surface area contributed by atoms with Crippen LogP contribution in [-0.4, -0.2) is 63.0 Å². The fourth-order valence-corrected chi connectivity index (χ4v) is 1.53. The van der Waals surface area contributed by atoms with E-state index in [4.69, 9.17) is 0 Å². The molecule has 1 aromatic heterocycles. The van der Waals surface area contributed by atoms with Crippen LogP contribution in [0.5, 0.6) is 0 Å². The molecule has 1 saturated heterocycles. The maximum absolute atomic E-state index is 11.6. The van der Waals surface area contributed by atoms with Crippen LogP contribution in [0.15, 0.2) is 0 Å². The molecule has 9 nitrogen and oxygen atoms in total. The van der Waals surface area contributed by atoms with Gasteiger partial charge >= 0.3 is 6.03 Å². The number of aryl methyl sites for hydroxylation is 1. The van der Waals surface area contributed by atoms with E-state index in [1.165, 1.54) is 11.9 Å². The van der Waals surface area contributed by atoms with E-state index in [1.807, 2.05) is 0 Å². The number of aromatic nitrogens is 3. The van der Waals surface area contributed by atoms with Gasteiger partial charge in [-0.1, -0.05) is 0 Å². The Morgan fingerprint density at radius 2 is 2.22 bits per heavy atom. The predicted molar refractivity (Wildman–Crippen MR) is 59.5 cm³/mol. The predicted octanol–water partition coefficient (Wildman–Crippen LogP) is -1.05. The van der Waals surface area contributed by atoms with Crippen LogP contribution in [-0.2, 0) is 9.59 Å². The van der Waals surface area contributed by atoms with Gasteiger partial charge in [-0.15, -0.1) is 5.10 Å². The second-order valence-corrected chi connectivity index (χ2v) is 3.91. The van der Waals surface area contributed by atoms with Crippen LogP contribution in [0.2, 0.25) is 0 Å². The molecule has 96 valence electrons. The number of amides is 4.